The van der Waals surface area contributed by atoms with Crippen molar-refractivity contribution in [3.05, 3.63) is 41.9 Å². The lowest BCUT2D eigenvalue weighted by atomic mass is 10.1. The number of H-pyrrole nitrogens is 1. The Morgan fingerprint density at radius 2 is 2.06 bits per heavy atom. The summed E-state index contributed by atoms with van der Waals surface area (Å²) in [6.45, 7) is 0. The molecule has 1 N–H and O–H groups in total. The molecule has 0 aliphatic rings. The first-order chi connectivity index (χ1) is 8.25. The molecule has 0 saturated heterocycles. The molecule has 0 aliphatic heterocycles. The maximum atomic E-state index is 10.9. The van der Waals surface area contributed by atoms with E-state index in [1.54, 1.807) is 17.4 Å². The number of thiol groups is 1. The Morgan fingerprint density at radius 1 is 1.18 bits per heavy atom. The topological polar surface area (TPSA) is 49.9 Å². The molecule has 2 heterocycles. The highest BCUT2D eigenvalue weighted by atomic mass is 32.2. The number of fused-ring (bicyclic) bond motifs is 1. The van der Waals surface area contributed by atoms with Crippen LogP contribution in [0.1, 0.15) is 0 Å². The third-order valence-electron chi connectivity index (χ3n) is 2.65. The van der Waals surface area contributed by atoms with Gasteiger partial charge in [0, 0.05) is 22.2 Å². The van der Waals surface area contributed by atoms with E-state index in [2.05, 4.69) is 11.1 Å². The van der Waals surface area contributed by atoms with Gasteiger partial charge in [-0.2, -0.15) is 0 Å². The van der Waals surface area contributed by atoms with Crippen molar-refractivity contribution in [1.29, 1.82) is 0 Å². The van der Waals surface area contributed by atoms with Gasteiger partial charge in [-0.3, -0.25) is 0 Å². The lowest BCUT2D eigenvalue weighted by molar-refractivity contribution is 0.614. The van der Waals surface area contributed by atoms with Crippen LogP contribution in [-0.4, -0.2) is 13.4 Å². The maximum Gasteiger partial charge on any atom is 0.169 e. The van der Waals surface area contributed by atoms with E-state index in [0.29, 0.717) is 4.90 Å². The summed E-state index contributed by atoms with van der Waals surface area (Å²) in [5.41, 5.74) is 1.88. The minimum absolute atomic E-state index is 0.323. The van der Waals surface area contributed by atoms with Crippen molar-refractivity contribution in [3.63, 3.8) is 0 Å². The minimum atomic E-state index is -2.52. The fourth-order valence-electron chi connectivity index (χ4n) is 1.85. The molecule has 5 heteroatoms. The summed E-state index contributed by atoms with van der Waals surface area (Å²) in [5.74, 6) is 0. The number of aromatic nitrogens is 1. The Hall–Kier alpha value is -1.59. The molecule has 0 unspecified atom stereocenters. The zero-order chi connectivity index (χ0) is 11.8. The van der Waals surface area contributed by atoms with Crippen molar-refractivity contribution < 1.29 is 8.42 Å². The van der Waals surface area contributed by atoms with Crippen molar-refractivity contribution in [3.8, 4) is 11.3 Å². The Labute approximate surface area is 104 Å². The van der Waals surface area contributed by atoms with Crippen LogP contribution in [0.4, 0.5) is 0 Å². The van der Waals surface area contributed by atoms with Crippen LogP contribution >= 0.6 is 11.3 Å². The first-order valence-electron chi connectivity index (χ1n) is 5.05. The Balaban J connectivity index is 2.23. The molecule has 3 nitrogen and oxygen atoms in total. The molecule has 0 fully saturated rings. The van der Waals surface area contributed by atoms with Crippen LogP contribution in [-0.2, 0) is 10.7 Å². The second kappa shape index (κ2) is 4.01. The Bertz CT molecular complexity index is 745. The van der Waals surface area contributed by atoms with Gasteiger partial charge in [0.05, 0.1) is 4.90 Å². The summed E-state index contributed by atoms with van der Waals surface area (Å²) in [4.78, 5) is 3.33. The van der Waals surface area contributed by atoms with E-state index in [1.165, 1.54) is 16.3 Å². The minimum Gasteiger partial charge on any atom is -0.360 e. The zero-order valence-corrected chi connectivity index (χ0v) is 10.4. The molecular formula is C12H9NO2S2. The van der Waals surface area contributed by atoms with Crippen LogP contribution in [0, 0.1) is 0 Å². The quantitative estimate of drug-likeness (QED) is 0.698. The summed E-state index contributed by atoms with van der Waals surface area (Å²) in [6.07, 6.45) is 1.52. The van der Waals surface area contributed by atoms with E-state index in [0.717, 1.165) is 11.3 Å². The fourth-order valence-corrected chi connectivity index (χ4v) is 3.18. The van der Waals surface area contributed by atoms with E-state index in [4.69, 9.17) is 0 Å². The van der Waals surface area contributed by atoms with E-state index in [1.807, 2.05) is 23.6 Å². The van der Waals surface area contributed by atoms with Crippen LogP contribution in [0.5, 0.6) is 0 Å². The van der Waals surface area contributed by atoms with Crippen LogP contribution in [0.2, 0.25) is 0 Å². The molecule has 3 rings (SSSR count). The predicted molar refractivity (Wildman–Crippen MR) is 70.2 cm³/mol. The van der Waals surface area contributed by atoms with Gasteiger partial charge in [-0.25, -0.2) is 8.42 Å². The summed E-state index contributed by atoms with van der Waals surface area (Å²) >= 11 is 1.66. The third-order valence-corrected chi connectivity index (χ3v) is 4.29. The van der Waals surface area contributed by atoms with Crippen molar-refractivity contribution in [1.82, 2.24) is 4.98 Å². The highest BCUT2D eigenvalue weighted by Gasteiger charge is 2.07. The van der Waals surface area contributed by atoms with Gasteiger partial charge in [0.15, 0.2) is 10.7 Å². The number of rotatable bonds is 2. The molecule has 0 atom stereocenters. The summed E-state index contributed by atoms with van der Waals surface area (Å²) in [6, 6.07) is 9.74. The molecule has 86 valence electrons. The third kappa shape index (κ3) is 1.77. The highest BCUT2D eigenvalue weighted by molar-refractivity contribution is 7.72. The molecule has 0 bridgehead atoms. The first-order valence-corrected chi connectivity index (χ1v) is 7.11. The number of hydrogen-bond donors (Lipinski definition) is 2. The van der Waals surface area contributed by atoms with Gasteiger partial charge in [0.2, 0.25) is 0 Å². The van der Waals surface area contributed by atoms with Crippen molar-refractivity contribution in [2.75, 3.05) is 0 Å². The van der Waals surface area contributed by atoms with Crippen molar-refractivity contribution in [2.45, 2.75) is 4.90 Å². The Morgan fingerprint density at radius 3 is 2.82 bits per heavy atom. The summed E-state index contributed by atoms with van der Waals surface area (Å²) < 4.78 is 22.9. The largest absolute Gasteiger partial charge is 0.360 e. The lowest BCUT2D eigenvalue weighted by Crippen LogP contribution is -1.76. The SMILES string of the molecule is O=[SH](=O)c1c[nH]c(-c2cccc3ccsc23)c1. The predicted octanol–water partition coefficient (Wildman–Crippen LogP) is 2.87. The van der Waals surface area contributed by atoms with Gasteiger partial charge < -0.3 is 4.98 Å². The zero-order valence-electron chi connectivity index (χ0n) is 8.71. The lowest BCUT2D eigenvalue weighted by Gasteiger charge is -1.99. The van der Waals surface area contributed by atoms with Gasteiger partial charge in [-0.05, 0) is 22.9 Å². The molecule has 0 aliphatic carbocycles. The average Bonchev–Trinajstić information content (AvgIpc) is 2.97. The normalized spacial score (nSPS) is 11.4. The van der Waals surface area contributed by atoms with E-state index >= 15 is 0 Å². The van der Waals surface area contributed by atoms with E-state index < -0.39 is 10.7 Å². The molecule has 0 saturated carbocycles. The standard InChI is InChI=1S/C12H9NO2S2/c14-17(15)9-6-11(13-7-9)10-3-1-2-8-4-5-16-12(8)10/h1-7,13,17H. The maximum absolute atomic E-state index is 10.9. The molecule has 0 spiro atoms. The molecule has 17 heavy (non-hydrogen) atoms. The van der Waals surface area contributed by atoms with Gasteiger partial charge in [0.1, 0.15) is 0 Å². The van der Waals surface area contributed by atoms with Crippen LogP contribution in [0.3, 0.4) is 0 Å². The monoisotopic (exact) mass is 263 g/mol. The van der Waals surface area contributed by atoms with Crippen molar-refractivity contribution >= 4 is 32.1 Å². The number of aromatic amines is 1. The van der Waals surface area contributed by atoms with Crippen molar-refractivity contribution in [2.24, 2.45) is 0 Å². The summed E-state index contributed by atoms with van der Waals surface area (Å²) in [5, 5.41) is 3.21. The Kier molecular flexibility index (Phi) is 2.49. The van der Waals surface area contributed by atoms with Gasteiger partial charge in [-0.15, -0.1) is 11.3 Å². The molecular weight excluding hydrogens is 254 g/mol. The van der Waals surface area contributed by atoms with Crippen LogP contribution < -0.4 is 0 Å². The second-order valence-electron chi connectivity index (χ2n) is 3.67. The number of thiophene rings is 1. The van der Waals surface area contributed by atoms with Crippen LogP contribution in [0.15, 0.2) is 46.8 Å². The number of nitrogens with one attached hydrogen (secondary N) is 1. The first kappa shape index (κ1) is 10.6. The van der Waals surface area contributed by atoms with Gasteiger partial charge >= 0.3 is 0 Å². The number of benzene rings is 1. The highest BCUT2D eigenvalue weighted by Crippen LogP contribution is 2.32. The molecule has 1 aromatic carbocycles. The smallest absolute Gasteiger partial charge is 0.169 e. The number of hydrogen-bond acceptors (Lipinski definition) is 3. The molecule has 0 amide bonds. The molecule has 3 aromatic rings. The van der Waals surface area contributed by atoms with E-state index in [9.17, 15) is 8.42 Å². The molecule has 2 aromatic heterocycles. The van der Waals surface area contributed by atoms with Gasteiger partial charge in [-0.1, -0.05) is 18.2 Å². The average molecular weight is 263 g/mol. The van der Waals surface area contributed by atoms with Gasteiger partial charge in [0.25, 0.3) is 0 Å². The fraction of sp³-hybridized carbons (Fsp3) is 0. The second-order valence-corrected chi connectivity index (χ2v) is 5.62. The van der Waals surface area contributed by atoms with E-state index in [-0.39, 0.29) is 0 Å². The molecule has 0 radical (unpaired) electrons. The summed E-state index contributed by atoms with van der Waals surface area (Å²) in [7, 11) is -2.52. The van der Waals surface area contributed by atoms with Crippen LogP contribution in [0.25, 0.3) is 21.3 Å².